The third kappa shape index (κ3) is 2.44. The molecule has 0 spiro atoms. The van der Waals surface area contributed by atoms with Crippen molar-refractivity contribution >= 4 is 16.0 Å². The molecule has 0 N–H and O–H groups in total. The third-order valence-electron chi connectivity index (χ3n) is 3.60. The smallest absolute Gasteiger partial charge is 0.243 e. The number of ether oxygens (including phenoxy) is 2. The van der Waals surface area contributed by atoms with Gasteiger partial charge in [-0.05, 0) is 25.0 Å². The van der Waals surface area contributed by atoms with Gasteiger partial charge in [0.2, 0.25) is 10.0 Å². The molecular weight excluding hydrogens is 298 g/mol. The predicted octanol–water partition coefficient (Wildman–Crippen LogP) is -0.639. The Bertz CT molecular complexity index is 671. The number of hydrogen-bond donors (Lipinski definition) is 0. The van der Waals surface area contributed by atoms with Crippen LogP contribution in [0.5, 0.6) is 11.5 Å². The number of sulfonamides is 1. The van der Waals surface area contributed by atoms with E-state index in [1.807, 2.05) is 0 Å². The van der Waals surface area contributed by atoms with Gasteiger partial charge in [0.05, 0.1) is 16.9 Å². The molecular formula is C13H14NO6S-. The lowest BCUT2D eigenvalue weighted by atomic mass is 10.2. The molecule has 0 aliphatic carbocycles. The number of carbonyl (C=O) groups is 1. The molecule has 2 heterocycles. The molecule has 7 nitrogen and oxygen atoms in total. The second kappa shape index (κ2) is 5.19. The molecule has 0 radical (unpaired) electrons. The molecule has 1 atom stereocenters. The summed E-state index contributed by atoms with van der Waals surface area (Å²) in [7, 11) is -3.89. The third-order valence-corrected chi connectivity index (χ3v) is 5.50. The monoisotopic (exact) mass is 312 g/mol. The Morgan fingerprint density at radius 1 is 1.24 bits per heavy atom. The summed E-state index contributed by atoms with van der Waals surface area (Å²) in [6, 6.07) is 3.18. The van der Waals surface area contributed by atoms with Crippen LogP contribution in [0.1, 0.15) is 12.8 Å². The van der Waals surface area contributed by atoms with Gasteiger partial charge < -0.3 is 19.4 Å². The molecule has 1 saturated heterocycles. The number of rotatable bonds is 3. The van der Waals surface area contributed by atoms with Crippen LogP contribution in [-0.2, 0) is 14.8 Å². The summed E-state index contributed by atoms with van der Waals surface area (Å²) in [5.41, 5.74) is 0. The Balaban J connectivity index is 1.96. The van der Waals surface area contributed by atoms with E-state index in [-0.39, 0.29) is 17.9 Å². The first-order valence-electron chi connectivity index (χ1n) is 6.62. The molecule has 1 aromatic carbocycles. The fourth-order valence-electron chi connectivity index (χ4n) is 2.58. The van der Waals surface area contributed by atoms with Crippen molar-refractivity contribution in [2.75, 3.05) is 19.8 Å². The van der Waals surface area contributed by atoms with Crippen molar-refractivity contribution in [3.63, 3.8) is 0 Å². The lowest BCUT2D eigenvalue weighted by molar-refractivity contribution is -0.309. The molecule has 0 aromatic heterocycles. The maximum Gasteiger partial charge on any atom is 0.243 e. The van der Waals surface area contributed by atoms with E-state index in [1.54, 1.807) is 0 Å². The van der Waals surface area contributed by atoms with Gasteiger partial charge in [-0.2, -0.15) is 4.31 Å². The van der Waals surface area contributed by atoms with Crippen LogP contribution in [0.2, 0.25) is 0 Å². The van der Waals surface area contributed by atoms with Crippen molar-refractivity contribution in [2.24, 2.45) is 0 Å². The maximum absolute atomic E-state index is 12.6. The zero-order chi connectivity index (χ0) is 15.0. The molecule has 1 fully saturated rings. The lowest BCUT2D eigenvalue weighted by Gasteiger charge is -2.25. The highest BCUT2D eigenvalue weighted by Crippen LogP contribution is 2.34. The van der Waals surface area contributed by atoms with Gasteiger partial charge in [-0.15, -0.1) is 0 Å². The molecule has 0 unspecified atom stereocenters. The van der Waals surface area contributed by atoms with Crippen LogP contribution in [0.4, 0.5) is 0 Å². The zero-order valence-electron chi connectivity index (χ0n) is 11.1. The quantitative estimate of drug-likeness (QED) is 0.737. The summed E-state index contributed by atoms with van der Waals surface area (Å²) in [4.78, 5) is 11.1. The van der Waals surface area contributed by atoms with Crippen LogP contribution in [0.15, 0.2) is 23.1 Å². The van der Waals surface area contributed by atoms with E-state index >= 15 is 0 Å². The van der Waals surface area contributed by atoms with E-state index < -0.39 is 22.0 Å². The molecule has 21 heavy (non-hydrogen) atoms. The summed E-state index contributed by atoms with van der Waals surface area (Å²) in [5, 5.41) is 11.1. The largest absolute Gasteiger partial charge is 0.548 e. The number of nitrogens with zero attached hydrogens (tertiary/aromatic N) is 1. The van der Waals surface area contributed by atoms with Gasteiger partial charge in [0.25, 0.3) is 0 Å². The highest BCUT2D eigenvalue weighted by molar-refractivity contribution is 7.89. The van der Waals surface area contributed by atoms with E-state index in [0.29, 0.717) is 31.1 Å². The van der Waals surface area contributed by atoms with Gasteiger partial charge in [-0.1, -0.05) is 0 Å². The van der Waals surface area contributed by atoms with Crippen LogP contribution in [0, 0.1) is 0 Å². The van der Waals surface area contributed by atoms with Crippen molar-refractivity contribution in [2.45, 2.75) is 23.8 Å². The highest BCUT2D eigenvalue weighted by Gasteiger charge is 2.36. The Hall–Kier alpha value is -1.80. The Kier molecular flexibility index (Phi) is 3.50. The fourth-order valence-corrected chi connectivity index (χ4v) is 4.25. The number of carboxylic acid groups (broad SMARTS) is 1. The Morgan fingerprint density at radius 2 is 1.95 bits per heavy atom. The molecule has 2 aliphatic rings. The first-order valence-corrected chi connectivity index (χ1v) is 8.06. The Labute approximate surface area is 122 Å². The summed E-state index contributed by atoms with van der Waals surface area (Å²) >= 11 is 0. The summed E-state index contributed by atoms with van der Waals surface area (Å²) in [6.45, 7) is 0.940. The molecule has 2 aliphatic heterocycles. The summed E-state index contributed by atoms with van der Waals surface area (Å²) in [5.74, 6) is -0.529. The number of carbonyl (C=O) groups excluding carboxylic acids is 1. The van der Waals surface area contributed by atoms with Gasteiger partial charge in [-0.3, -0.25) is 0 Å². The van der Waals surface area contributed by atoms with E-state index in [1.165, 1.54) is 18.2 Å². The first-order chi connectivity index (χ1) is 10.00. The van der Waals surface area contributed by atoms with Crippen molar-refractivity contribution in [1.29, 1.82) is 0 Å². The normalized spacial score (nSPS) is 22.2. The van der Waals surface area contributed by atoms with Crippen molar-refractivity contribution < 1.29 is 27.8 Å². The Morgan fingerprint density at radius 3 is 2.67 bits per heavy atom. The first kappa shape index (κ1) is 14.2. The number of benzene rings is 1. The summed E-state index contributed by atoms with van der Waals surface area (Å²) in [6.07, 6.45) is 0.772. The molecule has 0 amide bonds. The number of fused-ring (bicyclic) bond motifs is 1. The standard InChI is InChI=1S/C13H15NO6S/c15-13(16)10-2-1-5-14(10)21(17,18)9-3-4-11-12(8-9)20-7-6-19-11/h3-4,8,10H,1-2,5-7H2,(H,15,16)/p-1/t10-/m1/s1. The summed E-state index contributed by atoms with van der Waals surface area (Å²) < 4.78 is 36.8. The minimum absolute atomic E-state index is 0.0000926. The van der Waals surface area contributed by atoms with E-state index in [9.17, 15) is 18.3 Å². The van der Waals surface area contributed by atoms with E-state index in [0.717, 1.165) is 4.31 Å². The molecule has 114 valence electrons. The average molecular weight is 312 g/mol. The van der Waals surface area contributed by atoms with Crippen molar-refractivity contribution in [1.82, 2.24) is 4.31 Å². The average Bonchev–Trinajstić information content (AvgIpc) is 2.97. The van der Waals surface area contributed by atoms with Crippen LogP contribution < -0.4 is 14.6 Å². The molecule has 0 bridgehead atoms. The number of hydrogen-bond acceptors (Lipinski definition) is 6. The van der Waals surface area contributed by atoms with Crippen LogP contribution in [0.25, 0.3) is 0 Å². The van der Waals surface area contributed by atoms with Gasteiger partial charge >= 0.3 is 0 Å². The van der Waals surface area contributed by atoms with Gasteiger partial charge in [0, 0.05) is 12.6 Å². The SMILES string of the molecule is O=C([O-])[C@H]1CCCN1S(=O)(=O)c1ccc2c(c1)OCCO2. The topological polar surface area (TPSA) is 96.0 Å². The van der Waals surface area contributed by atoms with Crippen LogP contribution in [-0.4, -0.2) is 44.5 Å². The van der Waals surface area contributed by atoms with E-state index in [4.69, 9.17) is 9.47 Å². The van der Waals surface area contributed by atoms with Crippen LogP contribution in [0.3, 0.4) is 0 Å². The lowest BCUT2D eigenvalue weighted by Crippen LogP contribution is -2.46. The zero-order valence-corrected chi connectivity index (χ0v) is 12.0. The fraction of sp³-hybridized carbons (Fsp3) is 0.462. The molecule has 1 aromatic rings. The number of carboxylic acids is 1. The van der Waals surface area contributed by atoms with Crippen molar-refractivity contribution in [3.8, 4) is 11.5 Å². The molecule has 3 rings (SSSR count). The molecule has 8 heteroatoms. The van der Waals surface area contributed by atoms with Gasteiger partial charge in [0.1, 0.15) is 13.2 Å². The minimum atomic E-state index is -3.89. The van der Waals surface area contributed by atoms with Gasteiger partial charge in [-0.25, -0.2) is 8.42 Å². The maximum atomic E-state index is 12.6. The van der Waals surface area contributed by atoms with Gasteiger partial charge in [0.15, 0.2) is 11.5 Å². The second-order valence-electron chi connectivity index (χ2n) is 4.90. The minimum Gasteiger partial charge on any atom is -0.548 e. The second-order valence-corrected chi connectivity index (χ2v) is 6.79. The van der Waals surface area contributed by atoms with Crippen molar-refractivity contribution in [3.05, 3.63) is 18.2 Å². The number of aliphatic carboxylic acids is 1. The predicted molar refractivity (Wildman–Crippen MR) is 69.4 cm³/mol. The van der Waals surface area contributed by atoms with Crippen LogP contribution >= 0.6 is 0 Å². The molecule has 0 saturated carbocycles. The van der Waals surface area contributed by atoms with E-state index in [2.05, 4.69) is 0 Å². The highest BCUT2D eigenvalue weighted by atomic mass is 32.2.